The van der Waals surface area contributed by atoms with Crippen molar-refractivity contribution in [2.24, 2.45) is 16.8 Å². The molecule has 2 unspecified atom stereocenters. The second kappa shape index (κ2) is 13.0. The molecule has 0 N–H and O–H groups in total. The van der Waals surface area contributed by atoms with Crippen molar-refractivity contribution in [1.82, 2.24) is 19.6 Å². The van der Waals surface area contributed by atoms with E-state index in [4.69, 9.17) is 28.2 Å². The number of amides is 3. The molecule has 52 heavy (non-hydrogen) atoms. The Morgan fingerprint density at radius 1 is 1.08 bits per heavy atom. The van der Waals surface area contributed by atoms with E-state index in [9.17, 15) is 27.6 Å². The SMILES string of the molecule is CC(C)C1=C(C(=O)N2C(C(=O)N3CCN(C(=O)C(F)(F)F)C4(CC4)C3)CC[C@H]2C)SC2=N[C@@](C)(c3ccc(Cl)cc3F)[C@@H](C3C=C(F)C(Cl)=CC3)N21. The van der Waals surface area contributed by atoms with Crippen LogP contribution in [0.15, 0.2) is 56.8 Å². The number of hydrogen-bond donors (Lipinski definition) is 0. The van der Waals surface area contributed by atoms with Crippen LogP contribution in [-0.2, 0) is 19.9 Å². The number of benzene rings is 1. The third kappa shape index (κ3) is 6.04. The van der Waals surface area contributed by atoms with E-state index in [2.05, 4.69) is 0 Å². The molecule has 5 atom stereocenters. The van der Waals surface area contributed by atoms with E-state index in [1.165, 1.54) is 17.0 Å². The van der Waals surface area contributed by atoms with E-state index < -0.39 is 52.8 Å². The van der Waals surface area contributed by atoms with Crippen LogP contribution in [0.4, 0.5) is 22.0 Å². The quantitative estimate of drug-likeness (QED) is 0.290. The average molecular weight is 787 g/mol. The zero-order valence-electron chi connectivity index (χ0n) is 28.9. The van der Waals surface area contributed by atoms with Crippen molar-refractivity contribution in [3.63, 3.8) is 0 Å². The van der Waals surface area contributed by atoms with Crippen molar-refractivity contribution in [3.05, 3.63) is 68.2 Å². The van der Waals surface area contributed by atoms with Gasteiger partial charge in [0.1, 0.15) is 28.1 Å². The third-order valence-electron chi connectivity index (χ3n) is 11.3. The number of allylic oxidation sites excluding steroid dienone is 4. The summed E-state index contributed by atoms with van der Waals surface area (Å²) in [6, 6.07) is 2.52. The zero-order chi connectivity index (χ0) is 37.7. The molecule has 7 rings (SSSR count). The van der Waals surface area contributed by atoms with Gasteiger partial charge in [0.25, 0.3) is 5.91 Å². The highest BCUT2D eigenvalue weighted by atomic mass is 35.5. The molecule has 0 bridgehead atoms. The van der Waals surface area contributed by atoms with E-state index in [0.29, 0.717) is 47.9 Å². The van der Waals surface area contributed by atoms with Gasteiger partial charge in [0.15, 0.2) is 5.17 Å². The highest BCUT2D eigenvalue weighted by Gasteiger charge is 2.60. The van der Waals surface area contributed by atoms with Crippen LogP contribution < -0.4 is 0 Å². The number of aliphatic imine (C=N–C) groups is 1. The largest absolute Gasteiger partial charge is 0.471 e. The van der Waals surface area contributed by atoms with E-state index in [0.717, 1.165) is 16.7 Å². The number of hydrogen-bond acceptors (Lipinski definition) is 6. The minimum atomic E-state index is -5.00. The van der Waals surface area contributed by atoms with Gasteiger partial charge in [-0.15, -0.1) is 0 Å². The smallest absolute Gasteiger partial charge is 0.337 e. The topological polar surface area (TPSA) is 76.5 Å². The number of amidine groups is 1. The molecule has 1 spiro atoms. The van der Waals surface area contributed by atoms with E-state index in [1.54, 1.807) is 30.0 Å². The lowest BCUT2D eigenvalue weighted by Crippen LogP contribution is -2.62. The Balaban J connectivity index is 1.21. The molecule has 0 radical (unpaired) electrons. The third-order valence-corrected chi connectivity index (χ3v) is 12.9. The molecule has 2 aliphatic carbocycles. The predicted octanol–water partition coefficient (Wildman–Crippen LogP) is 7.49. The molecular formula is C36H38Cl2F5N5O3S. The van der Waals surface area contributed by atoms with Gasteiger partial charge in [0.05, 0.1) is 16.6 Å². The molecule has 4 heterocycles. The standard InChI is InChI=1S/C36H38Cl2F5N5O3S/c1-18(2)27-28(31(50)47-19(3)5-10-26(47)30(49)45-13-14-46(32(51)36(41,42)43)35(17-45)11-12-35)52-33-44-34(4,22-8-7-21(37)16-24(22)39)29(48(27)33)20-6-9-23(38)25(40)15-20/h7-9,15-16,18-20,26,29H,5-6,10-14,17H2,1-4H3/t19-,20?,26?,29-,34+/m1/s1. The van der Waals surface area contributed by atoms with Gasteiger partial charge in [0, 0.05) is 47.9 Å². The van der Waals surface area contributed by atoms with Crippen molar-refractivity contribution in [1.29, 1.82) is 0 Å². The first-order chi connectivity index (χ1) is 24.4. The summed E-state index contributed by atoms with van der Waals surface area (Å²) in [5, 5.41) is 0.642. The van der Waals surface area contributed by atoms with Crippen molar-refractivity contribution >= 4 is 57.9 Å². The normalized spacial score (nSPS) is 29.9. The van der Waals surface area contributed by atoms with Crippen molar-refractivity contribution in [3.8, 4) is 0 Å². The van der Waals surface area contributed by atoms with Crippen molar-refractivity contribution < 1.29 is 36.3 Å². The second-order valence-corrected chi connectivity index (χ2v) is 16.8. The number of nitrogens with zero attached hydrogens (tertiary/aromatic N) is 5. The lowest BCUT2D eigenvalue weighted by Gasteiger charge is -2.43. The Morgan fingerprint density at radius 2 is 1.79 bits per heavy atom. The van der Waals surface area contributed by atoms with E-state index in [1.807, 2.05) is 25.7 Å². The first-order valence-electron chi connectivity index (χ1n) is 17.4. The molecule has 6 aliphatic rings. The minimum absolute atomic E-state index is 0.0132. The number of alkyl halides is 3. The molecule has 8 nitrogen and oxygen atoms in total. The predicted molar refractivity (Wildman–Crippen MR) is 188 cm³/mol. The van der Waals surface area contributed by atoms with Crippen LogP contribution in [0.2, 0.25) is 5.02 Å². The molecule has 1 aromatic rings. The molecule has 2 saturated heterocycles. The van der Waals surface area contributed by atoms with Gasteiger partial charge in [-0.25, -0.2) is 13.8 Å². The number of carbonyl (C=O) groups is 3. The van der Waals surface area contributed by atoms with Crippen LogP contribution in [-0.4, -0.2) is 92.0 Å². The van der Waals surface area contributed by atoms with Gasteiger partial charge in [-0.3, -0.25) is 14.4 Å². The Bertz CT molecular complexity index is 1860. The lowest BCUT2D eigenvalue weighted by molar-refractivity contribution is -0.191. The van der Waals surface area contributed by atoms with Gasteiger partial charge in [-0.2, -0.15) is 13.2 Å². The molecule has 1 aromatic carbocycles. The summed E-state index contributed by atoms with van der Waals surface area (Å²) < 4.78 is 70.8. The van der Waals surface area contributed by atoms with Crippen LogP contribution in [0.1, 0.15) is 65.4 Å². The van der Waals surface area contributed by atoms with Crippen LogP contribution >= 0.6 is 35.0 Å². The number of rotatable bonds is 5. The van der Waals surface area contributed by atoms with Crippen LogP contribution in [0.3, 0.4) is 0 Å². The Kier molecular flexibility index (Phi) is 9.33. The Hall–Kier alpha value is -3.10. The maximum absolute atomic E-state index is 15.7. The summed E-state index contributed by atoms with van der Waals surface area (Å²) in [6.45, 7) is 7.15. The van der Waals surface area contributed by atoms with Gasteiger partial charge in [-0.05, 0) is 81.8 Å². The van der Waals surface area contributed by atoms with E-state index >= 15 is 8.78 Å². The fourth-order valence-corrected chi connectivity index (χ4v) is 10.4. The molecule has 4 aliphatic heterocycles. The Labute approximate surface area is 312 Å². The monoisotopic (exact) mass is 785 g/mol. The highest BCUT2D eigenvalue weighted by molar-refractivity contribution is 8.18. The molecule has 3 fully saturated rings. The average Bonchev–Trinajstić information content (AvgIpc) is 3.42. The fraction of sp³-hybridized carbons (Fsp3) is 0.556. The zero-order valence-corrected chi connectivity index (χ0v) is 31.3. The fourth-order valence-electron chi connectivity index (χ4n) is 8.69. The number of carbonyl (C=O) groups excluding carboxylic acids is 3. The van der Waals surface area contributed by atoms with Crippen LogP contribution in [0, 0.1) is 17.7 Å². The summed E-state index contributed by atoms with van der Waals surface area (Å²) in [5.74, 6) is -4.58. The molecule has 0 aromatic heterocycles. The minimum Gasteiger partial charge on any atom is -0.337 e. The number of halogens is 7. The first-order valence-corrected chi connectivity index (χ1v) is 19.0. The summed E-state index contributed by atoms with van der Waals surface area (Å²) in [5.41, 5.74) is -1.39. The number of fused-ring (bicyclic) bond motifs is 1. The van der Waals surface area contributed by atoms with Crippen molar-refractivity contribution in [2.75, 3.05) is 19.6 Å². The summed E-state index contributed by atoms with van der Waals surface area (Å²) in [7, 11) is 0. The Morgan fingerprint density at radius 3 is 2.40 bits per heavy atom. The van der Waals surface area contributed by atoms with E-state index in [-0.39, 0.29) is 59.0 Å². The molecule has 16 heteroatoms. The number of piperazine rings is 1. The van der Waals surface area contributed by atoms with Gasteiger partial charge in [-0.1, -0.05) is 49.2 Å². The first kappa shape index (κ1) is 37.2. The van der Waals surface area contributed by atoms with Gasteiger partial charge >= 0.3 is 12.1 Å². The molecule has 280 valence electrons. The highest BCUT2D eigenvalue weighted by Crippen LogP contribution is 2.55. The van der Waals surface area contributed by atoms with Crippen molar-refractivity contribution in [2.45, 2.75) is 95.2 Å². The summed E-state index contributed by atoms with van der Waals surface area (Å²) in [4.78, 5) is 52.3. The number of likely N-dealkylation sites (tertiary alicyclic amines) is 1. The number of thioether (sulfide) groups is 1. The lowest BCUT2D eigenvalue weighted by atomic mass is 9.75. The maximum atomic E-state index is 15.7. The van der Waals surface area contributed by atoms with Crippen LogP contribution in [0.5, 0.6) is 0 Å². The molecule has 3 amide bonds. The maximum Gasteiger partial charge on any atom is 0.471 e. The summed E-state index contributed by atoms with van der Waals surface area (Å²) >= 11 is 13.4. The molecule has 1 saturated carbocycles. The van der Waals surface area contributed by atoms with Gasteiger partial charge in [0.2, 0.25) is 5.91 Å². The summed E-state index contributed by atoms with van der Waals surface area (Å²) in [6.07, 6.45) is -0.0254. The molecular weight excluding hydrogens is 748 g/mol. The second-order valence-electron chi connectivity index (χ2n) is 15.0. The van der Waals surface area contributed by atoms with Crippen LogP contribution in [0.25, 0.3) is 0 Å². The van der Waals surface area contributed by atoms with Gasteiger partial charge < -0.3 is 19.6 Å².